The van der Waals surface area contributed by atoms with Gasteiger partial charge >= 0.3 is 0 Å². The van der Waals surface area contributed by atoms with Crippen LogP contribution in [0.5, 0.6) is 34.5 Å². The van der Waals surface area contributed by atoms with Gasteiger partial charge in [-0.2, -0.15) is 0 Å². The fraction of sp³-hybridized carbons (Fsp3) is 0.317. The zero-order valence-electron chi connectivity index (χ0n) is 28.8. The van der Waals surface area contributed by atoms with Crippen LogP contribution in [0.2, 0.25) is 0 Å². The second-order valence-corrected chi connectivity index (χ2v) is 13.4. The Kier molecular flexibility index (Phi) is 10.5. The smallest absolute Gasteiger partial charge is 0.200 e. The van der Waals surface area contributed by atoms with E-state index in [1.165, 1.54) is 20.3 Å². The number of Topliss-reactive ketones (excluding diaryl/α,β-unsaturated/α-hetero) is 1. The van der Waals surface area contributed by atoms with Crippen LogP contribution in [0.1, 0.15) is 55.2 Å². The van der Waals surface area contributed by atoms with E-state index in [1.807, 2.05) is 36.4 Å². The average molecular weight is 693 g/mol. The number of fused-ring (bicyclic) bond motifs is 1. The van der Waals surface area contributed by atoms with Crippen LogP contribution in [0.15, 0.2) is 85.1 Å². The number of benzene rings is 4. The van der Waals surface area contributed by atoms with Crippen LogP contribution in [0.3, 0.4) is 0 Å². The number of hydrogen-bond donors (Lipinski definition) is 6. The van der Waals surface area contributed by atoms with Gasteiger partial charge in [-0.3, -0.25) is 4.79 Å². The van der Waals surface area contributed by atoms with Crippen molar-refractivity contribution in [1.29, 1.82) is 0 Å². The number of aromatic hydroxyl groups is 4. The van der Waals surface area contributed by atoms with E-state index in [0.29, 0.717) is 42.8 Å². The molecular weight excluding hydrogens is 648 g/mol. The van der Waals surface area contributed by atoms with E-state index in [-0.39, 0.29) is 47.4 Å². The van der Waals surface area contributed by atoms with Crippen molar-refractivity contribution in [2.24, 2.45) is 5.92 Å². The molecule has 10 heteroatoms. The summed E-state index contributed by atoms with van der Waals surface area (Å²) >= 11 is 0. The van der Waals surface area contributed by atoms with Gasteiger partial charge in [0, 0.05) is 23.7 Å². The lowest BCUT2D eigenvalue weighted by atomic mass is 9.64. The number of phenolic OH excluding ortho intramolecular Hbond substituents is 4. The van der Waals surface area contributed by atoms with Gasteiger partial charge in [-0.25, -0.2) is 4.98 Å². The minimum Gasteiger partial charge on any atom is -0.508 e. The van der Waals surface area contributed by atoms with E-state index in [2.05, 4.69) is 10.3 Å². The SMILES string of the molecule is COc1cc(CC[C@@H](O)[C@H](C(=O)CCc2cc(O)c(O)c(OC)c2)C2(c3ccnc(Nc4ccc5cc(O)ccc5c4)c3)CCCC2)ccc1O. The van der Waals surface area contributed by atoms with Crippen molar-refractivity contribution in [2.45, 2.75) is 62.9 Å². The highest BCUT2D eigenvalue weighted by Gasteiger charge is 2.49. The summed E-state index contributed by atoms with van der Waals surface area (Å²) < 4.78 is 10.5. The number of phenols is 4. The monoisotopic (exact) mass is 692 g/mol. The van der Waals surface area contributed by atoms with Crippen molar-refractivity contribution in [3.63, 3.8) is 0 Å². The lowest BCUT2D eigenvalue weighted by Crippen LogP contribution is -2.45. The molecule has 0 spiro atoms. The number of aliphatic hydroxyl groups excluding tert-OH is 1. The molecule has 1 aliphatic rings. The van der Waals surface area contributed by atoms with Gasteiger partial charge in [0.25, 0.3) is 0 Å². The second kappa shape index (κ2) is 15.2. The molecule has 5 aromatic rings. The van der Waals surface area contributed by atoms with Crippen LogP contribution < -0.4 is 14.8 Å². The molecule has 1 fully saturated rings. The van der Waals surface area contributed by atoms with Crippen molar-refractivity contribution in [3.05, 3.63) is 102 Å². The third-order valence-corrected chi connectivity index (χ3v) is 10.2. The van der Waals surface area contributed by atoms with E-state index in [9.17, 15) is 30.3 Å². The molecule has 6 rings (SSSR count). The zero-order valence-corrected chi connectivity index (χ0v) is 28.8. The quantitative estimate of drug-likeness (QED) is 0.0645. The minimum atomic E-state index is -0.986. The number of ether oxygens (including phenoxy) is 2. The predicted molar refractivity (Wildman–Crippen MR) is 195 cm³/mol. The number of carbonyl (C=O) groups is 1. The maximum atomic E-state index is 14.5. The number of anilines is 2. The highest BCUT2D eigenvalue weighted by atomic mass is 16.5. The van der Waals surface area contributed by atoms with Gasteiger partial charge in [0.1, 0.15) is 17.4 Å². The number of methoxy groups -OCH3 is 2. The number of pyridine rings is 1. The molecule has 6 N–H and O–H groups in total. The van der Waals surface area contributed by atoms with Crippen LogP contribution in [-0.4, -0.2) is 56.6 Å². The fourth-order valence-electron chi connectivity index (χ4n) is 7.67. The Hall–Kier alpha value is -5.48. The number of aryl methyl sites for hydroxylation is 2. The van der Waals surface area contributed by atoms with Crippen molar-refractivity contribution < 1.29 is 39.8 Å². The molecule has 4 aromatic carbocycles. The van der Waals surface area contributed by atoms with Crippen LogP contribution in [0.25, 0.3) is 10.8 Å². The molecule has 10 nitrogen and oxygen atoms in total. The van der Waals surface area contributed by atoms with E-state index < -0.39 is 17.4 Å². The van der Waals surface area contributed by atoms with E-state index in [0.717, 1.165) is 40.4 Å². The molecule has 0 radical (unpaired) electrons. The van der Waals surface area contributed by atoms with Crippen molar-refractivity contribution in [2.75, 3.05) is 19.5 Å². The Balaban J connectivity index is 1.31. The highest BCUT2D eigenvalue weighted by molar-refractivity contribution is 5.87. The first-order chi connectivity index (χ1) is 24.6. The maximum Gasteiger partial charge on any atom is 0.200 e. The molecule has 0 amide bonds. The Morgan fingerprint density at radius 3 is 2.29 bits per heavy atom. The zero-order chi connectivity index (χ0) is 36.1. The molecule has 0 aliphatic heterocycles. The summed E-state index contributed by atoms with van der Waals surface area (Å²) in [4.78, 5) is 19.1. The molecular formula is C41H44N2O8. The van der Waals surface area contributed by atoms with E-state index in [4.69, 9.17) is 9.47 Å². The Labute approximate surface area is 297 Å². The van der Waals surface area contributed by atoms with Gasteiger partial charge in [-0.1, -0.05) is 31.0 Å². The highest BCUT2D eigenvalue weighted by Crippen LogP contribution is 2.50. The summed E-state index contributed by atoms with van der Waals surface area (Å²) in [6, 6.07) is 23.1. The topological polar surface area (TPSA) is 162 Å². The molecule has 1 aliphatic carbocycles. The Morgan fingerprint density at radius 2 is 1.53 bits per heavy atom. The van der Waals surface area contributed by atoms with Gasteiger partial charge in [0.15, 0.2) is 23.0 Å². The molecule has 0 bridgehead atoms. The number of ketones is 1. The van der Waals surface area contributed by atoms with Crippen LogP contribution >= 0.6 is 0 Å². The first-order valence-corrected chi connectivity index (χ1v) is 17.2. The average Bonchev–Trinajstić information content (AvgIpc) is 3.62. The summed E-state index contributed by atoms with van der Waals surface area (Å²) in [5.41, 5.74) is 2.58. The minimum absolute atomic E-state index is 0.0294. The van der Waals surface area contributed by atoms with Crippen molar-refractivity contribution in [1.82, 2.24) is 4.98 Å². The van der Waals surface area contributed by atoms with E-state index >= 15 is 0 Å². The third kappa shape index (κ3) is 7.66. The Morgan fingerprint density at radius 1 is 0.804 bits per heavy atom. The summed E-state index contributed by atoms with van der Waals surface area (Å²) in [7, 11) is 2.88. The molecule has 2 atom stereocenters. The second-order valence-electron chi connectivity index (χ2n) is 13.4. The number of nitrogens with zero attached hydrogens (tertiary/aromatic N) is 1. The number of aliphatic hydroxyl groups is 1. The molecule has 266 valence electrons. The number of nitrogens with one attached hydrogen (secondary N) is 1. The molecule has 1 heterocycles. The van der Waals surface area contributed by atoms with Crippen LogP contribution in [0.4, 0.5) is 11.5 Å². The first kappa shape index (κ1) is 35.3. The summed E-state index contributed by atoms with van der Waals surface area (Å²) in [6.45, 7) is 0. The lowest BCUT2D eigenvalue weighted by Gasteiger charge is -2.40. The largest absolute Gasteiger partial charge is 0.508 e. The fourth-order valence-corrected chi connectivity index (χ4v) is 7.67. The number of rotatable bonds is 14. The first-order valence-electron chi connectivity index (χ1n) is 17.2. The number of hydrogen-bond acceptors (Lipinski definition) is 10. The summed E-state index contributed by atoms with van der Waals surface area (Å²) in [5.74, 6) is -0.217. The summed E-state index contributed by atoms with van der Waals surface area (Å²) in [5, 5.41) is 57.7. The number of aromatic nitrogens is 1. The molecule has 0 saturated heterocycles. The van der Waals surface area contributed by atoms with Crippen LogP contribution in [0, 0.1) is 5.92 Å². The standard InChI is InChI=1S/C41H44N2O8/c1-50-36-20-25(5-12-32(36)45)6-13-33(46)39(34(47)14-7-26-19-35(48)40(49)37(21-26)51-2)41(16-3-4-17-41)29-15-18-42-38(24-29)43-30-10-8-28-23-31(44)11-9-27(28)22-30/h5,8-12,15,18-24,33,39,44-46,48-49H,3-4,6-7,13-14,16-17H2,1-2H3,(H,42,43)/t33-,39-/m1/s1. The molecule has 0 unspecified atom stereocenters. The van der Waals surface area contributed by atoms with Gasteiger partial charge < -0.3 is 40.3 Å². The molecule has 1 saturated carbocycles. The number of carbonyl (C=O) groups excluding carboxylic acids is 1. The predicted octanol–water partition coefficient (Wildman–Crippen LogP) is 7.44. The van der Waals surface area contributed by atoms with Gasteiger partial charge in [0.2, 0.25) is 5.75 Å². The lowest BCUT2D eigenvalue weighted by molar-refractivity contribution is -0.130. The summed E-state index contributed by atoms with van der Waals surface area (Å²) in [6.07, 6.45) is 5.13. The van der Waals surface area contributed by atoms with Crippen LogP contribution in [-0.2, 0) is 23.1 Å². The third-order valence-electron chi connectivity index (χ3n) is 10.2. The van der Waals surface area contributed by atoms with Crippen molar-refractivity contribution >= 4 is 28.1 Å². The maximum absolute atomic E-state index is 14.5. The van der Waals surface area contributed by atoms with E-state index in [1.54, 1.807) is 42.6 Å². The van der Waals surface area contributed by atoms with Gasteiger partial charge in [-0.15, -0.1) is 0 Å². The molecule has 1 aromatic heterocycles. The molecule has 51 heavy (non-hydrogen) atoms. The van der Waals surface area contributed by atoms with Gasteiger partial charge in [0.05, 0.1) is 26.2 Å². The Bertz CT molecular complexity index is 2020. The van der Waals surface area contributed by atoms with Gasteiger partial charge in [-0.05, 0) is 120 Å². The normalized spacial score (nSPS) is 15.0. The van der Waals surface area contributed by atoms with Crippen molar-refractivity contribution in [3.8, 4) is 34.5 Å².